The molecule has 0 fully saturated rings. The highest BCUT2D eigenvalue weighted by atomic mass is 127. The van der Waals surface area contributed by atoms with Gasteiger partial charge in [-0.05, 0) is 46.7 Å². The minimum atomic E-state index is 0. The van der Waals surface area contributed by atoms with Gasteiger partial charge in [-0.25, -0.2) is 0 Å². The van der Waals surface area contributed by atoms with Crippen molar-refractivity contribution in [2.75, 3.05) is 20.6 Å². The zero-order valence-electron chi connectivity index (χ0n) is 15.1. The molecule has 27 heavy (non-hydrogen) atoms. The molecule has 0 radical (unpaired) electrons. The third-order valence-electron chi connectivity index (χ3n) is 3.77. The van der Waals surface area contributed by atoms with Crippen molar-refractivity contribution in [3.63, 3.8) is 0 Å². The van der Waals surface area contributed by atoms with Crippen molar-refractivity contribution in [3.8, 4) is 11.4 Å². The summed E-state index contributed by atoms with van der Waals surface area (Å²) in [7, 11) is 3.79. The third kappa shape index (κ3) is 6.18. The van der Waals surface area contributed by atoms with Gasteiger partial charge < -0.3 is 14.7 Å². The van der Waals surface area contributed by atoms with Crippen LogP contribution in [0, 0.1) is 0 Å². The molecule has 9 heteroatoms. The zero-order chi connectivity index (χ0) is 18.4. The topological polar surface area (TPSA) is 66.5 Å². The quantitative estimate of drug-likeness (QED) is 0.300. The van der Waals surface area contributed by atoms with Gasteiger partial charge in [0.05, 0.1) is 0 Å². The first-order valence-electron chi connectivity index (χ1n) is 8.17. The SMILES string of the molecule is CN=C(NCCc1nc(-c2ccc(Cl)cc2)no1)N(C)Cc1ccsc1.I. The molecule has 0 aliphatic heterocycles. The van der Waals surface area contributed by atoms with Gasteiger partial charge in [-0.15, -0.1) is 24.0 Å². The summed E-state index contributed by atoms with van der Waals surface area (Å²) < 4.78 is 5.32. The summed E-state index contributed by atoms with van der Waals surface area (Å²) in [5.74, 6) is 1.97. The van der Waals surface area contributed by atoms with Crippen LogP contribution in [-0.4, -0.2) is 41.6 Å². The van der Waals surface area contributed by atoms with E-state index in [4.69, 9.17) is 16.1 Å². The van der Waals surface area contributed by atoms with Gasteiger partial charge in [-0.1, -0.05) is 16.8 Å². The average molecular weight is 518 g/mol. The molecule has 0 amide bonds. The van der Waals surface area contributed by atoms with E-state index in [0.29, 0.717) is 29.7 Å². The van der Waals surface area contributed by atoms with E-state index in [9.17, 15) is 0 Å². The van der Waals surface area contributed by atoms with Crippen molar-refractivity contribution in [1.29, 1.82) is 0 Å². The standard InChI is InChI=1S/C18H20ClN5OS.HI/c1-20-18(24(2)11-13-8-10-26-12-13)21-9-7-16-22-17(23-25-16)14-3-5-15(19)6-4-14;/h3-6,8,10,12H,7,9,11H2,1-2H3,(H,20,21);1H. The Labute approximate surface area is 184 Å². The van der Waals surface area contributed by atoms with E-state index in [2.05, 4.69) is 42.2 Å². The summed E-state index contributed by atoms with van der Waals surface area (Å²) in [5, 5.41) is 12.2. The lowest BCUT2D eigenvalue weighted by atomic mass is 10.2. The molecule has 0 spiro atoms. The molecule has 144 valence electrons. The number of aliphatic imine (C=N–C) groups is 1. The van der Waals surface area contributed by atoms with E-state index in [1.54, 1.807) is 18.4 Å². The maximum atomic E-state index is 5.90. The van der Waals surface area contributed by atoms with Crippen LogP contribution in [0.1, 0.15) is 11.5 Å². The zero-order valence-corrected chi connectivity index (χ0v) is 19.0. The van der Waals surface area contributed by atoms with E-state index in [-0.39, 0.29) is 24.0 Å². The number of halogens is 2. The van der Waals surface area contributed by atoms with Gasteiger partial charge in [0.15, 0.2) is 5.96 Å². The fourth-order valence-electron chi connectivity index (χ4n) is 2.47. The Balaban J connectivity index is 0.00000261. The molecule has 2 heterocycles. The number of nitrogens with zero attached hydrogens (tertiary/aromatic N) is 4. The van der Waals surface area contributed by atoms with Crippen molar-refractivity contribution in [1.82, 2.24) is 20.4 Å². The van der Waals surface area contributed by atoms with Crippen molar-refractivity contribution in [2.24, 2.45) is 4.99 Å². The average Bonchev–Trinajstić information content (AvgIpc) is 3.31. The molecule has 1 aromatic carbocycles. The highest BCUT2D eigenvalue weighted by Crippen LogP contribution is 2.18. The molecule has 6 nitrogen and oxygen atoms in total. The molecule has 0 saturated heterocycles. The molecule has 3 rings (SSSR count). The van der Waals surface area contributed by atoms with Crippen LogP contribution in [0.2, 0.25) is 5.02 Å². The molecular formula is C18H21ClIN5OS. The Morgan fingerprint density at radius 3 is 2.74 bits per heavy atom. The Kier molecular flexibility index (Phi) is 8.52. The number of hydrogen-bond acceptors (Lipinski definition) is 5. The summed E-state index contributed by atoms with van der Waals surface area (Å²) in [6.07, 6.45) is 0.617. The van der Waals surface area contributed by atoms with E-state index < -0.39 is 0 Å². The summed E-state index contributed by atoms with van der Waals surface area (Å²) in [6.45, 7) is 1.47. The highest BCUT2D eigenvalue weighted by molar-refractivity contribution is 14.0. The third-order valence-corrected chi connectivity index (χ3v) is 4.75. The molecule has 0 aliphatic carbocycles. The smallest absolute Gasteiger partial charge is 0.228 e. The Hall–Kier alpha value is -1.65. The van der Waals surface area contributed by atoms with Gasteiger partial charge in [-0.3, -0.25) is 4.99 Å². The Bertz CT molecular complexity index is 851. The van der Waals surface area contributed by atoms with Gasteiger partial charge in [0.25, 0.3) is 0 Å². The minimum Gasteiger partial charge on any atom is -0.356 e. The number of hydrogen-bond donors (Lipinski definition) is 1. The van der Waals surface area contributed by atoms with Crippen LogP contribution < -0.4 is 5.32 Å². The van der Waals surface area contributed by atoms with Crippen LogP contribution in [-0.2, 0) is 13.0 Å². The van der Waals surface area contributed by atoms with Crippen LogP contribution in [0.4, 0.5) is 0 Å². The van der Waals surface area contributed by atoms with Crippen LogP contribution in [0.25, 0.3) is 11.4 Å². The van der Waals surface area contributed by atoms with Crippen molar-refractivity contribution in [3.05, 3.63) is 57.6 Å². The molecule has 0 atom stereocenters. The molecule has 1 N–H and O–H groups in total. The molecule has 0 saturated carbocycles. The first-order chi connectivity index (χ1) is 12.7. The Morgan fingerprint density at radius 2 is 2.07 bits per heavy atom. The monoisotopic (exact) mass is 517 g/mol. The lowest BCUT2D eigenvalue weighted by Gasteiger charge is -2.21. The second-order valence-electron chi connectivity index (χ2n) is 5.73. The number of aromatic nitrogens is 2. The minimum absolute atomic E-state index is 0. The number of thiophene rings is 1. The van der Waals surface area contributed by atoms with E-state index >= 15 is 0 Å². The van der Waals surface area contributed by atoms with Gasteiger partial charge in [-0.2, -0.15) is 16.3 Å². The number of guanidine groups is 1. The molecule has 0 aliphatic rings. The van der Waals surface area contributed by atoms with Gasteiger partial charge in [0.2, 0.25) is 11.7 Å². The second kappa shape index (κ2) is 10.6. The lowest BCUT2D eigenvalue weighted by molar-refractivity contribution is 0.377. The van der Waals surface area contributed by atoms with Crippen LogP contribution in [0.5, 0.6) is 0 Å². The summed E-state index contributed by atoms with van der Waals surface area (Å²) in [5.41, 5.74) is 2.15. The number of nitrogens with one attached hydrogen (secondary N) is 1. The van der Waals surface area contributed by atoms with E-state index in [1.807, 2.05) is 31.3 Å². The van der Waals surface area contributed by atoms with Gasteiger partial charge in [0.1, 0.15) is 0 Å². The van der Waals surface area contributed by atoms with Crippen molar-refractivity contribution >= 4 is 52.9 Å². The van der Waals surface area contributed by atoms with E-state index in [1.165, 1.54) is 5.56 Å². The first-order valence-corrected chi connectivity index (χ1v) is 9.49. The van der Waals surface area contributed by atoms with Gasteiger partial charge in [0, 0.05) is 44.2 Å². The molecular weight excluding hydrogens is 497 g/mol. The van der Waals surface area contributed by atoms with Gasteiger partial charge >= 0.3 is 0 Å². The molecule has 3 aromatic rings. The van der Waals surface area contributed by atoms with Crippen LogP contribution in [0.15, 0.2) is 50.6 Å². The summed E-state index contributed by atoms with van der Waals surface area (Å²) in [6, 6.07) is 9.47. The first kappa shape index (κ1) is 21.6. The fourth-order valence-corrected chi connectivity index (χ4v) is 3.26. The van der Waals surface area contributed by atoms with Crippen LogP contribution in [0.3, 0.4) is 0 Å². The second-order valence-corrected chi connectivity index (χ2v) is 6.95. The molecule has 0 bridgehead atoms. The largest absolute Gasteiger partial charge is 0.356 e. The normalized spacial score (nSPS) is 11.1. The maximum Gasteiger partial charge on any atom is 0.228 e. The highest BCUT2D eigenvalue weighted by Gasteiger charge is 2.10. The molecule has 0 unspecified atom stereocenters. The molecule has 2 aromatic heterocycles. The summed E-state index contributed by atoms with van der Waals surface area (Å²) >= 11 is 7.59. The number of benzene rings is 1. The number of rotatable bonds is 6. The Morgan fingerprint density at radius 1 is 1.30 bits per heavy atom. The fraction of sp³-hybridized carbons (Fsp3) is 0.278. The summed E-state index contributed by atoms with van der Waals surface area (Å²) in [4.78, 5) is 10.8. The lowest BCUT2D eigenvalue weighted by Crippen LogP contribution is -2.39. The predicted molar refractivity (Wildman–Crippen MR) is 121 cm³/mol. The van der Waals surface area contributed by atoms with Crippen LogP contribution >= 0.6 is 46.9 Å². The predicted octanol–water partition coefficient (Wildman–Crippen LogP) is 4.32. The maximum absolute atomic E-state index is 5.90. The van der Waals surface area contributed by atoms with Crippen molar-refractivity contribution in [2.45, 2.75) is 13.0 Å². The van der Waals surface area contributed by atoms with Crippen molar-refractivity contribution < 1.29 is 4.52 Å². The van der Waals surface area contributed by atoms with E-state index in [0.717, 1.165) is 18.1 Å².